The predicted octanol–water partition coefficient (Wildman–Crippen LogP) is 1.73. The van der Waals surface area contributed by atoms with Gasteiger partial charge in [-0.05, 0) is 18.1 Å². The monoisotopic (exact) mass is 282 g/mol. The molecule has 1 aliphatic heterocycles. The van der Waals surface area contributed by atoms with Crippen molar-refractivity contribution in [3.63, 3.8) is 0 Å². The lowest BCUT2D eigenvalue weighted by Crippen LogP contribution is -2.57. The first kappa shape index (κ1) is 13.5. The van der Waals surface area contributed by atoms with E-state index < -0.39 is 0 Å². The van der Waals surface area contributed by atoms with Gasteiger partial charge >= 0.3 is 0 Å². The van der Waals surface area contributed by atoms with E-state index in [1.807, 2.05) is 29.2 Å². The van der Waals surface area contributed by atoms with Gasteiger partial charge in [-0.2, -0.15) is 0 Å². The van der Waals surface area contributed by atoms with Crippen LogP contribution in [0.5, 0.6) is 0 Å². The second-order valence-electron chi connectivity index (χ2n) is 5.22. The van der Waals surface area contributed by atoms with Gasteiger partial charge in [-0.3, -0.25) is 4.79 Å². The van der Waals surface area contributed by atoms with Crippen LogP contribution < -0.4 is 5.32 Å². The van der Waals surface area contributed by atoms with Crippen molar-refractivity contribution in [1.29, 1.82) is 0 Å². The van der Waals surface area contributed by atoms with Crippen LogP contribution in [0, 0.1) is 0 Å². The topological polar surface area (TPSA) is 58.1 Å². The Hall–Kier alpha value is -2.43. The Labute approximate surface area is 124 Å². The maximum Gasteiger partial charge on any atom is 0.223 e. The molecule has 1 amide bonds. The summed E-state index contributed by atoms with van der Waals surface area (Å²) in [4.78, 5) is 22.0. The van der Waals surface area contributed by atoms with Crippen molar-refractivity contribution in [1.82, 2.24) is 14.9 Å². The number of benzene rings is 1. The van der Waals surface area contributed by atoms with E-state index in [-0.39, 0.29) is 5.91 Å². The van der Waals surface area contributed by atoms with E-state index in [0.29, 0.717) is 12.5 Å². The molecule has 5 nitrogen and oxygen atoms in total. The third kappa shape index (κ3) is 3.56. The largest absolute Gasteiger partial charge is 0.364 e. The van der Waals surface area contributed by atoms with Crippen molar-refractivity contribution in [3.8, 4) is 0 Å². The molecule has 1 saturated heterocycles. The average molecular weight is 282 g/mol. The van der Waals surface area contributed by atoms with Gasteiger partial charge < -0.3 is 10.2 Å². The summed E-state index contributed by atoms with van der Waals surface area (Å²) in [5.41, 5.74) is 1.21. The SMILES string of the molecule is O=C(CCc1ccccc1)N1CC(Nc2ccncn2)C1. The molecule has 0 atom stereocenters. The van der Waals surface area contributed by atoms with E-state index in [1.165, 1.54) is 11.9 Å². The molecule has 2 heterocycles. The van der Waals surface area contributed by atoms with Crippen LogP contribution in [0.2, 0.25) is 0 Å². The highest BCUT2D eigenvalue weighted by molar-refractivity contribution is 5.77. The zero-order chi connectivity index (χ0) is 14.5. The highest BCUT2D eigenvalue weighted by atomic mass is 16.2. The number of hydrogen-bond acceptors (Lipinski definition) is 4. The van der Waals surface area contributed by atoms with Crippen molar-refractivity contribution in [2.75, 3.05) is 18.4 Å². The first-order chi connectivity index (χ1) is 10.3. The van der Waals surface area contributed by atoms with E-state index in [0.717, 1.165) is 25.3 Å². The molecule has 1 aromatic heterocycles. The van der Waals surface area contributed by atoms with Crippen LogP contribution in [0.1, 0.15) is 12.0 Å². The summed E-state index contributed by atoms with van der Waals surface area (Å²) in [6.07, 6.45) is 4.60. The molecule has 0 radical (unpaired) electrons. The van der Waals surface area contributed by atoms with E-state index in [4.69, 9.17) is 0 Å². The molecule has 0 unspecified atom stereocenters. The fourth-order valence-electron chi connectivity index (χ4n) is 2.41. The molecule has 0 bridgehead atoms. The maximum absolute atomic E-state index is 12.1. The van der Waals surface area contributed by atoms with Crippen molar-refractivity contribution >= 4 is 11.7 Å². The average Bonchev–Trinajstić information content (AvgIpc) is 2.50. The van der Waals surface area contributed by atoms with Crippen LogP contribution in [-0.4, -0.2) is 39.9 Å². The summed E-state index contributed by atoms with van der Waals surface area (Å²) < 4.78 is 0. The normalized spacial score (nSPS) is 14.6. The van der Waals surface area contributed by atoms with E-state index in [1.54, 1.807) is 6.20 Å². The Morgan fingerprint density at radius 2 is 2.05 bits per heavy atom. The molecular formula is C16H18N4O. The summed E-state index contributed by atoms with van der Waals surface area (Å²) in [7, 11) is 0. The highest BCUT2D eigenvalue weighted by Crippen LogP contribution is 2.15. The second-order valence-corrected chi connectivity index (χ2v) is 5.22. The zero-order valence-corrected chi connectivity index (χ0v) is 11.8. The lowest BCUT2D eigenvalue weighted by molar-refractivity contribution is -0.135. The Balaban J connectivity index is 1.40. The van der Waals surface area contributed by atoms with Gasteiger partial charge in [-0.1, -0.05) is 30.3 Å². The van der Waals surface area contributed by atoms with E-state index in [9.17, 15) is 4.79 Å². The number of carbonyl (C=O) groups is 1. The van der Waals surface area contributed by atoms with Gasteiger partial charge in [0.15, 0.2) is 0 Å². The van der Waals surface area contributed by atoms with Gasteiger partial charge in [-0.25, -0.2) is 9.97 Å². The first-order valence-electron chi connectivity index (χ1n) is 7.15. The molecule has 1 aromatic carbocycles. The van der Waals surface area contributed by atoms with Crippen LogP contribution in [0.4, 0.5) is 5.82 Å². The van der Waals surface area contributed by atoms with E-state index >= 15 is 0 Å². The minimum Gasteiger partial charge on any atom is -0.364 e. The van der Waals surface area contributed by atoms with E-state index in [2.05, 4.69) is 27.4 Å². The molecule has 5 heteroatoms. The maximum atomic E-state index is 12.1. The molecule has 0 spiro atoms. The molecule has 1 aliphatic rings. The molecule has 3 rings (SSSR count). The molecule has 1 fully saturated rings. The van der Waals surface area contributed by atoms with Crippen LogP contribution in [-0.2, 0) is 11.2 Å². The molecule has 0 aliphatic carbocycles. The van der Waals surface area contributed by atoms with Crippen LogP contribution in [0.15, 0.2) is 48.9 Å². The fraction of sp³-hybridized carbons (Fsp3) is 0.312. The van der Waals surface area contributed by atoms with Crippen molar-refractivity contribution < 1.29 is 4.79 Å². The Bertz CT molecular complexity index is 582. The third-order valence-electron chi connectivity index (χ3n) is 3.64. The van der Waals surface area contributed by atoms with Gasteiger partial charge in [0.25, 0.3) is 0 Å². The zero-order valence-electron chi connectivity index (χ0n) is 11.8. The summed E-state index contributed by atoms with van der Waals surface area (Å²) in [5, 5.41) is 3.29. The van der Waals surface area contributed by atoms with Crippen molar-refractivity contribution in [2.45, 2.75) is 18.9 Å². The molecule has 108 valence electrons. The van der Waals surface area contributed by atoms with Crippen molar-refractivity contribution in [2.24, 2.45) is 0 Å². The number of anilines is 1. The van der Waals surface area contributed by atoms with Crippen LogP contribution in [0.3, 0.4) is 0 Å². The first-order valence-corrected chi connectivity index (χ1v) is 7.15. The van der Waals surface area contributed by atoms with Gasteiger partial charge in [0.1, 0.15) is 12.1 Å². The standard InChI is InChI=1S/C16H18N4O/c21-16(7-6-13-4-2-1-3-5-13)20-10-14(11-20)19-15-8-9-17-12-18-15/h1-5,8-9,12,14H,6-7,10-11H2,(H,17,18,19). The number of likely N-dealkylation sites (tertiary alicyclic amines) is 1. The summed E-state index contributed by atoms with van der Waals surface area (Å²) in [6, 6.07) is 12.2. The van der Waals surface area contributed by atoms with Crippen molar-refractivity contribution in [3.05, 3.63) is 54.5 Å². The summed E-state index contributed by atoms with van der Waals surface area (Å²) >= 11 is 0. The Morgan fingerprint density at radius 1 is 1.24 bits per heavy atom. The van der Waals surface area contributed by atoms with Gasteiger partial charge in [0, 0.05) is 25.7 Å². The smallest absolute Gasteiger partial charge is 0.223 e. The number of rotatable bonds is 5. The minimum atomic E-state index is 0.222. The third-order valence-corrected chi connectivity index (χ3v) is 3.64. The minimum absolute atomic E-state index is 0.222. The number of nitrogens with one attached hydrogen (secondary N) is 1. The number of nitrogens with zero attached hydrogens (tertiary/aromatic N) is 3. The van der Waals surface area contributed by atoms with Crippen LogP contribution in [0.25, 0.3) is 0 Å². The van der Waals surface area contributed by atoms with Gasteiger partial charge in [-0.15, -0.1) is 0 Å². The molecule has 1 N–H and O–H groups in total. The van der Waals surface area contributed by atoms with Gasteiger partial charge in [0.2, 0.25) is 5.91 Å². The molecule has 21 heavy (non-hydrogen) atoms. The second kappa shape index (κ2) is 6.35. The highest BCUT2D eigenvalue weighted by Gasteiger charge is 2.30. The number of aryl methyl sites for hydroxylation is 1. The summed E-state index contributed by atoms with van der Waals surface area (Å²) in [6.45, 7) is 1.50. The molecule has 2 aromatic rings. The van der Waals surface area contributed by atoms with Gasteiger partial charge in [0.05, 0.1) is 6.04 Å². The molecule has 0 saturated carbocycles. The predicted molar refractivity (Wildman–Crippen MR) is 80.8 cm³/mol. The van der Waals surface area contributed by atoms with Crippen LogP contribution >= 0.6 is 0 Å². The Morgan fingerprint density at radius 3 is 2.76 bits per heavy atom. The lowest BCUT2D eigenvalue weighted by Gasteiger charge is -2.39. The number of aromatic nitrogens is 2. The number of carbonyl (C=O) groups excluding carboxylic acids is 1. The quantitative estimate of drug-likeness (QED) is 0.907. The fourth-order valence-corrected chi connectivity index (χ4v) is 2.41. The number of hydrogen-bond donors (Lipinski definition) is 1. The Kier molecular flexibility index (Phi) is 4.09. The lowest BCUT2D eigenvalue weighted by atomic mass is 10.1. The summed E-state index contributed by atoms with van der Waals surface area (Å²) in [5.74, 6) is 1.03. The number of amides is 1. The molecular weight excluding hydrogens is 264 g/mol.